The maximum absolute atomic E-state index is 5.27. The van der Waals surface area contributed by atoms with Crippen LogP contribution in [0.4, 0.5) is 0 Å². The van der Waals surface area contributed by atoms with E-state index >= 15 is 0 Å². The van der Waals surface area contributed by atoms with Crippen molar-refractivity contribution in [3.8, 4) is 22.8 Å². The van der Waals surface area contributed by atoms with E-state index in [9.17, 15) is 0 Å². The van der Waals surface area contributed by atoms with E-state index in [1.807, 2.05) is 0 Å². The smallest absolute Gasteiger partial charge is 0.220 e. The van der Waals surface area contributed by atoms with Gasteiger partial charge in [-0.1, -0.05) is 105 Å². The highest BCUT2D eigenvalue weighted by Gasteiger charge is 2.38. The molecule has 0 saturated heterocycles. The average molecular weight is 526 g/mol. The lowest BCUT2D eigenvalue weighted by Gasteiger charge is -2.21. The van der Waals surface area contributed by atoms with Crippen LogP contribution in [-0.4, -0.2) is 14.1 Å². The molecule has 0 atom stereocenters. The molecule has 0 N–H and O–H groups in total. The molecular weight excluding hydrogens is 498 g/mol. The summed E-state index contributed by atoms with van der Waals surface area (Å²) in [4.78, 5) is 5.27. The van der Waals surface area contributed by atoms with E-state index in [2.05, 4.69) is 150 Å². The van der Waals surface area contributed by atoms with Crippen LogP contribution in [0.25, 0.3) is 66.4 Å². The zero-order valence-electron chi connectivity index (χ0n) is 23.0. The summed E-state index contributed by atoms with van der Waals surface area (Å²) >= 11 is 0. The van der Waals surface area contributed by atoms with Crippen LogP contribution in [0.3, 0.4) is 0 Å². The minimum atomic E-state index is -0.0940. The molecule has 1 aliphatic rings. The first kappa shape index (κ1) is 22.6. The van der Waals surface area contributed by atoms with Crippen molar-refractivity contribution in [3.05, 3.63) is 139 Å². The zero-order chi connectivity index (χ0) is 27.3. The van der Waals surface area contributed by atoms with Crippen LogP contribution in [0.15, 0.2) is 127 Å². The SMILES string of the molecule is CC1(C)c2ccc3ccccc3c2-c2c1ccc1c2c2ccccc2n1-c1nc2ccccc2n1-c1ccccc1. The van der Waals surface area contributed by atoms with Gasteiger partial charge in [-0.2, -0.15) is 0 Å². The number of fused-ring (bicyclic) bond motifs is 10. The lowest BCUT2D eigenvalue weighted by atomic mass is 9.82. The van der Waals surface area contributed by atoms with Crippen molar-refractivity contribution in [1.29, 1.82) is 0 Å². The van der Waals surface area contributed by atoms with Gasteiger partial charge in [-0.3, -0.25) is 9.13 Å². The van der Waals surface area contributed by atoms with Crippen LogP contribution in [0.1, 0.15) is 25.0 Å². The van der Waals surface area contributed by atoms with E-state index in [1.165, 1.54) is 49.3 Å². The molecule has 2 heterocycles. The van der Waals surface area contributed by atoms with Gasteiger partial charge in [-0.05, 0) is 69.4 Å². The number of rotatable bonds is 2. The van der Waals surface area contributed by atoms with Gasteiger partial charge >= 0.3 is 0 Å². The standard InChI is InChI=1S/C38H27N3/c1-38(2)28-21-20-24-12-6-7-15-26(24)34(28)36-29(38)22-23-33-35(36)27-16-8-10-18-31(27)41(33)37-39-30-17-9-11-19-32(30)40(37)25-13-4-3-5-14-25/h3-23H,1-2H3. The molecule has 3 heteroatoms. The highest BCUT2D eigenvalue weighted by molar-refractivity contribution is 6.20. The van der Waals surface area contributed by atoms with Crippen molar-refractivity contribution in [2.75, 3.05) is 0 Å². The van der Waals surface area contributed by atoms with Crippen LogP contribution in [-0.2, 0) is 5.41 Å². The minimum absolute atomic E-state index is 0.0940. The molecule has 0 unspecified atom stereocenters. The molecule has 1 aliphatic carbocycles. The minimum Gasteiger partial charge on any atom is -0.279 e. The summed E-state index contributed by atoms with van der Waals surface area (Å²) in [5.74, 6) is 0.902. The molecular formula is C38H27N3. The molecule has 41 heavy (non-hydrogen) atoms. The summed E-state index contributed by atoms with van der Waals surface area (Å²) in [6, 6.07) is 45.9. The third-order valence-corrected chi connectivity index (χ3v) is 9.12. The largest absolute Gasteiger partial charge is 0.279 e. The number of imidazole rings is 1. The Morgan fingerprint density at radius 1 is 0.512 bits per heavy atom. The van der Waals surface area contributed by atoms with E-state index in [4.69, 9.17) is 4.98 Å². The fourth-order valence-electron chi connectivity index (χ4n) is 7.26. The van der Waals surface area contributed by atoms with Gasteiger partial charge in [0.25, 0.3) is 0 Å². The second-order valence-electron chi connectivity index (χ2n) is 11.6. The first-order chi connectivity index (χ1) is 20.1. The second-order valence-corrected chi connectivity index (χ2v) is 11.6. The van der Waals surface area contributed by atoms with Gasteiger partial charge < -0.3 is 0 Å². The Balaban J connectivity index is 1.48. The van der Waals surface area contributed by atoms with Crippen molar-refractivity contribution in [3.63, 3.8) is 0 Å². The van der Waals surface area contributed by atoms with E-state index in [0.717, 1.165) is 28.2 Å². The summed E-state index contributed by atoms with van der Waals surface area (Å²) in [5.41, 5.74) is 10.9. The van der Waals surface area contributed by atoms with Crippen molar-refractivity contribution < 1.29 is 0 Å². The van der Waals surface area contributed by atoms with Crippen LogP contribution in [0.2, 0.25) is 0 Å². The second kappa shape index (κ2) is 7.96. The first-order valence-corrected chi connectivity index (χ1v) is 14.3. The van der Waals surface area contributed by atoms with Gasteiger partial charge in [-0.25, -0.2) is 4.98 Å². The Morgan fingerprint density at radius 2 is 1.17 bits per heavy atom. The van der Waals surface area contributed by atoms with Crippen molar-refractivity contribution in [2.24, 2.45) is 0 Å². The Morgan fingerprint density at radius 3 is 2.02 bits per heavy atom. The van der Waals surface area contributed by atoms with Crippen molar-refractivity contribution >= 4 is 43.6 Å². The summed E-state index contributed by atoms with van der Waals surface area (Å²) in [5, 5.41) is 5.15. The fraction of sp³-hybridized carbons (Fsp3) is 0.0789. The first-order valence-electron chi connectivity index (χ1n) is 14.3. The molecule has 0 saturated carbocycles. The molecule has 2 aromatic heterocycles. The predicted molar refractivity (Wildman–Crippen MR) is 170 cm³/mol. The lowest BCUT2D eigenvalue weighted by molar-refractivity contribution is 0.661. The van der Waals surface area contributed by atoms with Gasteiger partial charge in [0.2, 0.25) is 5.95 Å². The van der Waals surface area contributed by atoms with Gasteiger partial charge in [0.15, 0.2) is 0 Å². The summed E-state index contributed by atoms with van der Waals surface area (Å²) in [6.07, 6.45) is 0. The molecule has 0 radical (unpaired) electrons. The number of hydrogen-bond donors (Lipinski definition) is 0. The van der Waals surface area contributed by atoms with Crippen LogP contribution >= 0.6 is 0 Å². The third-order valence-electron chi connectivity index (χ3n) is 9.12. The van der Waals surface area contributed by atoms with Gasteiger partial charge in [0, 0.05) is 21.9 Å². The van der Waals surface area contributed by atoms with Crippen LogP contribution in [0, 0.1) is 0 Å². The molecule has 0 amide bonds. The van der Waals surface area contributed by atoms with E-state index in [0.29, 0.717) is 0 Å². The highest BCUT2D eigenvalue weighted by Crippen LogP contribution is 2.55. The Labute approximate surface area is 237 Å². The molecule has 6 aromatic carbocycles. The number of aromatic nitrogens is 3. The van der Waals surface area contributed by atoms with Gasteiger partial charge in [0.05, 0.1) is 22.1 Å². The zero-order valence-corrected chi connectivity index (χ0v) is 23.0. The third kappa shape index (κ3) is 2.90. The Bertz CT molecular complexity index is 2330. The monoisotopic (exact) mass is 525 g/mol. The Hall–Kier alpha value is -5.15. The van der Waals surface area contributed by atoms with E-state index < -0.39 is 0 Å². The van der Waals surface area contributed by atoms with E-state index in [1.54, 1.807) is 0 Å². The number of nitrogens with zero attached hydrogens (tertiary/aromatic N) is 3. The molecule has 0 fully saturated rings. The summed E-state index contributed by atoms with van der Waals surface area (Å²) in [7, 11) is 0. The maximum Gasteiger partial charge on any atom is 0.220 e. The topological polar surface area (TPSA) is 22.8 Å². The van der Waals surface area contributed by atoms with Gasteiger partial charge in [-0.15, -0.1) is 0 Å². The molecule has 3 nitrogen and oxygen atoms in total. The molecule has 8 aromatic rings. The van der Waals surface area contributed by atoms with Crippen molar-refractivity contribution in [1.82, 2.24) is 14.1 Å². The molecule has 0 aliphatic heterocycles. The number of hydrogen-bond acceptors (Lipinski definition) is 1. The fourth-order valence-corrected chi connectivity index (χ4v) is 7.26. The van der Waals surface area contributed by atoms with Crippen molar-refractivity contribution in [2.45, 2.75) is 19.3 Å². The Kier molecular flexibility index (Phi) is 4.39. The highest BCUT2D eigenvalue weighted by atomic mass is 15.2. The summed E-state index contributed by atoms with van der Waals surface area (Å²) in [6.45, 7) is 4.73. The molecule has 0 spiro atoms. The van der Waals surface area contributed by atoms with Gasteiger partial charge in [0.1, 0.15) is 0 Å². The quantitative estimate of drug-likeness (QED) is 0.220. The van der Waals surface area contributed by atoms with Crippen LogP contribution < -0.4 is 0 Å². The molecule has 9 rings (SSSR count). The lowest BCUT2D eigenvalue weighted by Crippen LogP contribution is -2.14. The molecule has 194 valence electrons. The summed E-state index contributed by atoms with van der Waals surface area (Å²) < 4.78 is 4.66. The number of benzene rings is 6. The van der Waals surface area contributed by atoms with Crippen LogP contribution in [0.5, 0.6) is 0 Å². The molecule has 0 bridgehead atoms. The predicted octanol–water partition coefficient (Wildman–Crippen LogP) is 9.58. The normalized spacial score (nSPS) is 13.8. The number of para-hydroxylation sites is 4. The van der Waals surface area contributed by atoms with E-state index in [-0.39, 0.29) is 5.41 Å². The maximum atomic E-state index is 5.27. The average Bonchev–Trinajstić information content (AvgIpc) is 3.63.